The topological polar surface area (TPSA) is 74.2 Å². The highest BCUT2D eigenvalue weighted by Crippen LogP contribution is 2.36. The Morgan fingerprint density at radius 1 is 1.20 bits per heavy atom. The molecule has 3 rings (SSSR count). The van der Waals surface area contributed by atoms with Crippen LogP contribution in [0.15, 0.2) is 40.8 Å². The number of hydrogen-bond donors (Lipinski definition) is 1. The van der Waals surface area contributed by atoms with Crippen molar-refractivity contribution in [2.45, 2.75) is 26.3 Å². The lowest BCUT2D eigenvalue weighted by Gasteiger charge is -2.15. The summed E-state index contributed by atoms with van der Waals surface area (Å²) in [6.45, 7) is 3.60. The number of halogens is 2. The van der Waals surface area contributed by atoms with Crippen LogP contribution < -0.4 is 10.5 Å². The number of benzene rings is 2. The molecule has 5 nitrogen and oxygen atoms in total. The molecule has 0 spiro atoms. The molecular formula is C18H17ClFN3O2. The summed E-state index contributed by atoms with van der Waals surface area (Å²) in [6, 6.07) is 9.60. The minimum atomic E-state index is -0.543. The molecule has 2 N–H and O–H groups in total. The third kappa shape index (κ3) is 3.65. The molecule has 0 saturated heterocycles. The fourth-order valence-electron chi connectivity index (χ4n) is 2.34. The molecule has 0 unspecified atom stereocenters. The van der Waals surface area contributed by atoms with Gasteiger partial charge in [-0.05, 0) is 36.8 Å². The normalized spacial score (nSPS) is 12.2. The average Bonchev–Trinajstić information content (AvgIpc) is 3.05. The van der Waals surface area contributed by atoms with Crippen molar-refractivity contribution in [3.8, 4) is 23.0 Å². The Balaban J connectivity index is 1.87. The molecular weight excluding hydrogens is 345 g/mol. The number of rotatable bonds is 5. The highest BCUT2D eigenvalue weighted by molar-refractivity contribution is 6.32. The summed E-state index contributed by atoms with van der Waals surface area (Å²) in [5, 5.41) is 7.91. The van der Waals surface area contributed by atoms with Gasteiger partial charge in [-0.2, -0.15) is 0 Å². The van der Waals surface area contributed by atoms with Crippen LogP contribution in [0.1, 0.15) is 30.8 Å². The molecule has 3 aromatic rings. The van der Waals surface area contributed by atoms with Crippen molar-refractivity contribution >= 4 is 11.6 Å². The lowest BCUT2D eigenvalue weighted by atomic mass is 10.0. The molecule has 0 saturated carbocycles. The van der Waals surface area contributed by atoms with Crippen LogP contribution in [0.2, 0.25) is 5.02 Å². The highest BCUT2D eigenvalue weighted by atomic mass is 35.5. The van der Waals surface area contributed by atoms with Crippen LogP contribution in [0, 0.1) is 12.7 Å². The zero-order chi connectivity index (χ0) is 18.0. The Bertz CT molecular complexity index is 881. The van der Waals surface area contributed by atoms with Crippen molar-refractivity contribution in [2.24, 2.45) is 5.73 Å². The van der Waals surface area contributed by atoms with Gasteiger partial charge in [0.1, 0.15) is 5.75 Å². The predicted octanol–water partition coefficient (Wildman–Crippen LogP) is 5.04. The summed E-state index contributed by atoms with van der Waals surface area (Å²) in [4.78, 5) is 0. The first-order valence-corrected chi connectivity index (χ1v) is 8.19. The third-order valence-corrected chi connectivity index (χ3v) is 4.06. The van der Waals surface area contributed by atoms with Crippen LogP contribution in [0.25, 0.3) is 11.5 Å². The standard InChI is InChI=1S/C18H17ClFN3O2/c1-3-15(21)13-8-9-14(19)17(16(13)20)25-12-6-4-11(5-7-12)18-23-22-10(2)24-18/h4-9,15H,3,21H2,1-2H3/t15-/m1/s1. The van der Waals surface area contributed by atoms with Gasteiger partial charge in [-0.1, -0.05) is 24.6 Å². The first kappa shape index (κ1) is 17.4. The van der Waals surface area contributed by atoms with Gasteiger partial charge in [-0.3, -0.25) is 0 Å². The van der Waals surface area contributed by atoms with E-state index in [0.29, 0.717) is 29.5 Å². The Morgan fingerprint density at radius 3 is 2.52 bits per heavy atom. The number of aromatic nitrogens is 2. The van der Waals surface area contributed by atoms with Crippen LogP contribution in [0.3, 0.4) is 0 Å². The second-order valence-electron chi connectivity index (χ2n) is 5.55. The summed E-state index contributed by atoms with van der Waals surface area (Å²) < 4.78 is 25.7. The Kier molecular flexibility index (Phi) is 5.01. The van der Waals surface area contributed by atoms with Crippen LogP contribution in [-0.4, -0.2) is 10.2 Å². The molecule has 0 amide bonds. The number of nitrogens with zero attached hydrogens (tertiary/aromatic N) is 2. The van der Waals surface area contributed by atoms with E-state index in [2.05, 4.69) is 10.2 Å². The molecule has 0 aliphatic rings. The van der Waals surface area contributed by atoms with Crippen LogP contribution in [0.4, 0.5) is 4.39 Å². The maximum absolute atomic E-state index is 14.7. The van der Waals surface area contributed by atoms with Gasteiger partial charge >= 0.3 is 0 Å². The number of hydrogen-bond acceptors (Lipinski definition) is 5. The number of ether oxygens (including phenoxy) is 1. The van der Waals surface area contributed by atoms with Crippen LogP contribution in [-0.2, 0) is 0 Å². The van der Waals surface area contributed by atoms with Gasteiger partial charge in [0.05, 0.1) is 5.02 Å². The lowest BCUT2D eigenvalue weighted by Crippen LogP contribution is -2.11. The summed E-state index contributed by atoms with van der Waals surface area (Å²) in [5.41, 5.74) is 7.04. The molecule has 130 valence electrons. The molecule has 25 heavy (non-hydrogen) atoms. The van der Waals surface area contributed by atoms with E-state index >= 15 is 0 Å². The first-order chi connectivity index (χ1) is 12.0. The van der Waals surface area contributed by atoms with Crippen LogP contribution >= 0.6 is 11.6 Å². The number of aryl methyl sites for hydroxylation is 1. The van der Waals surface area contributed by atoms with Crippen molar-refractivity contribution in [3.63, 3.8) is 0 Å². The molecule has 0 radical (unpaired) electrons. The van der Waals surface area contributed by atoms with Gasteiger partial charge in [0.2, 0.25) is 11.8 Å². The zero-order valence-corrected chi connectivity index (χ0v) is 14.5. The van der Waals surface area contributed by atoms with E-state index in [0.717, 1.165) is 5.56 Å². The fourth-order valence-corrected chi connectivity index (χ4v) is 2.53. The van der Waals surface area contributed by atoms with E-state index in [9.17, 15) is 4.39 Å². The Morgan fingerprint density at radius 2 is 1.92 bits per heavy atom. The molecule has 1 heterocycles. The highest BCUT2D eigenvalue weighted by Gasteiger charge is 2.18. The van der Waals surface area contributed by atoms with E-state index in [4.69, 9.17) is 26.5 Å². The second kappa shape index (κ2) is 7.21. The zero-order valence-electron chi connectivity index (χ0n) is 13.8. The van der Waals surface area contributed by atoms with Gasteiger partial charge in [-0.15, -0.1) is 10.2 Å². The van der Waals surface area contributed by atoms with Crippen molar-refractivity contribution in [1.82, 2.24) is 10.2 Å². The Hall–Kier alpha value is -2.44. The van der Waals surface area contributed by atoms with Crippen molar-refractivity contribution < 1.29 is 13.5 Å². The van der Waals surface area contributed by atoms with E-state index < -0.39 is 11.9 Å². The summed E-state index contributed by atoms with van der Waals surface area (Å²) >= 11 is 6.09. The maximum Gasteiger partial charge on any atom is 0.247 e. The molecule has 0 bridgehead atoms. The molecule has 0 aliphatic heterocycles. The predicted molar refractivity (Wildman–Crippen MR) is 93.2 cm³/mol. The van der Waals surface area contributed by atoms with Gasteiger partial charge in [0, 0.05) is 24.1 Å². The monoisotopic (exact) mass is 361 g/mol. The van der Waals surface area contributed by atoms with Crippen molar-refractivity contribution in [2.75, 3.05) is 0 Å². The summed E-state index contributed by atoms with van der Waals surface area (Å²) in [6.07, 6.45) is 0.607. The van der Waals surface area contributed by atoms with E-state index in [1.807, 2.05) is 6.92 Å². The van der Waals surface area contributed by atoms with Gasteiger partial charge in [0.15, 0.2) is 11.6 Å². The minimum Gasteiger partial charge on any atom is -0.453 e. The smallest absolute Gasteiger partial charge is 0.247 e. The van der Waals surface area contributed by atoms with Crippen molar-refractivity contribution in [3.05, 3.63) is 58.7 Å². The molecule has 1 atom stereocenters. The molecule has 7 heteroatoms. The van der Waals surface area contributed by atoms with Gasteiger partial charge in [0.25, 0.3) is 0 Å². The fraction of sp³-hybridized carbons (Fsp3) is 0.222. The average molecular weight is 362 g/mol. The largest absolute Gasteiger partial charge is 0.453 e. The quantitative estimate of drug-likeness (QED) is 0.689. The van der Waals surface area contributed by atoms with E-state index in [-0.39, 0.29) is 10.8 Å². The van der Waals surface area contributed by atoms with E-state index in [1.165, 1.54) is 0 Å². The Labute approximate surface area is 149 Å². The molecule has 0 fully saturated rings. The number of nitrogens with two attached hydrogens (primary N) is 1. The molecule has 2 aromatic carbocycles. The molecule has 0 aliphatic carbocycles. The third-order valence-electron chi connectivity index (χ3n) is 3.77. The second-order valence-corrected chi connectivity index (χ2v) is 5.95. The maximum atomic E-state index is 14.7. The SMILES string of the molecule is CC[C@@H](N)c1ccc(Cl)c(Oc2ccc(-c3nnc(C)o3)cc2)c1F. The van der Waals surface area contributed by atoms with Gasteiger partial charge in [-0.25, -0.2) is 4.39 Å². The van der Waals surface area contributed by atoms with E-state index in [1.54, 1.807) is 43.3 Å². The lowest BCUT2D eigenvalue weighted by molar-refractivity contribution is 0.434. The minimum absolute atomic E-state index is 0.0375. The molecule has 1 aromatic heterocycles. The van der Waals surface area contributed by atoms with Crippen molar-refractivity contribution in [1.29, 1.82) is 0 Å². The summed E-state index contributed by atoms with van der Waals surface area (Å²) in [7, 11) is 0. The summed E-state index contributed by atoms with van der Waals surface area (Å²) in [5.74, 6) is 0.739. The van der Waals surface area contributed by atoms with Crippen LogP contribution in [0.5, 0.6) is 11.5 Å². The van der Waals surface area contributed by atoms with Gasteiger partial charge < -0.3 is 14.9 Å². The first-order valence-electron chi connectivity index (χ1n) is 7.81.